The maximum atomic E-state index is 11.4. The van der Waals surface area contributed by atoms with E-state index in [4.69, 9.17) is 5.11 Å². The Hall–Kier alpha value is -0.360. The number of carbonyl (C=O) groups is 2. The van der Waals surface area contributed by atoms with Gasteiger partial charge in [-0.2, -0.15) is 23.5 Å². The second-order valence-electron chi connectivity index (χ2n) is 3.72. The molecule has 0 aromatic heterocycles. The summed E-state index contributed by atoms with van der Waals surface area (Å²) in [6, 6.07) is 0. The van der Waals surface area contributed by atoms with Gasteiger partial charge in [-0.15, -0.1) is 0 Å². The van der Waals surface area contributed by atoms with Gasteiger partial charge >= 0.3 is 5.97 Å². The predicted molar refractivity (Wildman–Crippen MR) is 74.8 cm³/mol. The van der Waals surface area contributed by atoms with Crippen LogP contribution in [0.25, 0.3) is 0 Å². The molecule has 4 nitrogen and oxygen atoms in total. The first kappa shape index (κ1) is 16.6. The number of rotatable bonds is 10. The number of carboxylic acids is 1. The number of nitrogens with one attached hydrogen (secondary N) is 1. The molecule has 0 aliphatic rings. The van der Waals surface area contributed by atoms with Gasteiger partial charge in [-0.3, -0.25) is 9.59 Å². The van der Waals surface area contributed by atoms with Crippen LogP contribution in [0.4, 0.5) is 0 Å². The van der Waals surface area contributed by atoms with Gasteiger partial charge in [-0.25, -0.2) is 0 Å². The maximum Gasteiger partial charge on any atom is 0.308 e. The van der Waals surface area contributed by atoms with Crippen molar-refractivity contribution in [1.82, 2.24) is 5.32 Å². The van der Waals surface area contributed by atoms with Gasteiger partial charge in [0.1, 0.15) is 0 Å². The van der Waals surface area contributed by atoms with Crippen LogP contribution in [-0.2, 0) is 9.59 Å². The van der Waals surface area contributed by atoms with Crippen molar-refractivity contribution >= 4 is 35.4 Å². The summed E-state index contributed by atoms with van der Waals surface area (Å²) in [5.41, 5.74) is 0. The summed E-state index contributed by atoms with van der Waals surface area (Å²) in [5, 5.41) is 11.7. The van der Waals surface area contributed by atoms with Crippen LogP contribution in [0.15, 0.2) is 0 Å². The van der Waals surface area contributed by atoms with Gasteiger partial charge in [0.15, 0.2) is 0 Å². The maximum absolute atomic E-state index is 11.4. The molecule has 1 amide bonds. The van der Waals surface area contributed by atoms with Crippen LogP contribution in [0.2, 0.25) is 0 Å². The highest BCUT2D eigenvalue weighted by atomic mass is 32.2. The largest absolute Gasteiger partial charge is 0.481 e. The summed E-state index contributed by atoms with van der Waals surface area (Å²) in [6.07, 6.45) is 5.87. The molecule has 0 aliphatic carbocycles. The number of carbonyl (C=O) groups excluding carboxylic acids is 1. The van der Waals surface area contributed by atoms with Gasteiger partial charge in [-0.1, -0.05) is 0 Å². The van der Waals surface area contributed by atoms with E-state index in [2.05, 4.69) is 5.32 Å². The molecule has 0 radical (unpaired) electrons. The third-order valence-corrected chi connectivity index (χ3v) is 3.66. The lowest BCUT2D eigenvalue weighted by Crippen LogP contribution is -2.33. The Labute approximate surface area is 111 Å². The average Bonchev–Trinajstić information content (AvgIpc) is 2.29. The number of thioether (sulfide) groups is 2. The Morgan fingerprint density at radius 3 is 2.41 bits per heavy atom. The Morgan fingerprint density at radius 2 is 1.88 bits per heavy atom. The third kappa shape index (κ3) is 9.35. The SMILES string of the molecule is CSCCCC(=O)NCC(CCSC)C(=O)O. The highest BCUT2D eigenvalue weighted by Gasteiger charge is 2.17. The van der Waals surface area contributed by atoms with Crippen LogP contribution in [0.5, 0.6) is 0 Å². The van der Waals surface area contributed by atoms with Gasteiger partial charge in [0.05, 0.1) is 5.92 Å². The number of aliphatic carboxylic acids is 1. The molecule has 100 valence electrons. The summed E-state index contributed by atoms with van der Waals surface area (Å²) in [7, 11) is 0. The summed E-state index contributed by atoms with van der Waals surface area (Å²) < 4.78 is 0. The zero-order valence-corrected chi connectivity index (χ0v) is 12.0. The van der Waals surface area contributed by atoms with Gasteiger partial charge in [-0.05, 0) is 36.9 Å². The van der Waals surface area contributed by atoms with Crippen LogP contribution in [0.3, 0.4) is 0 Å². The highest BCUT2D eigenvalue weighted by molar-refractivity contribution is 7.98. The molecule has 0 saturated carbocycles. The first-order valence-electron chi connectivity index (χ1n) is 5.59. The number of carboxylic acid groups (broad SMARTS) is 1. The number of hydrogen-bond donors (Lipinski definition) is 2. The van der Waals surface area contributed by atoms with Crippen LogP contribution in [-0.4, -0.2) is 47.5 Å². The van der Waals surface area contributed by atoms with E-state index in [1.807, 2.05) is 12.5 Å². The van der Waals surface area contributed by atoms with E-state index in [1.54, 1.807) is 23.5 Å². The van der Waals surface area contributed by atoms with Gasteiger partial charge in [0, 0.05) is 13.0 Å². The minimum absolute atomic E-state index is 0.0468. The van der Waals surface area contributed by atoms with E-state index in [1.165, 1.54) is 0 Å². The molecule has 0 aromatic rings. The second-order valence-corrected chi connectivity index (χ2v) is 5.69. The molecule has 1 atom stereocenters. The van der Waals surface area contributed by atoms with Crippen molar-refractivity contribution in [2.24, 2.45) is 5.92 Å². The van der Waals surface area contributed by atoms with Crippen molar-refractivity contribution in [2.45, 2.75) is 19.3 Å². The van der Waals surface area contributed by atoms with Crippen molar-refractivity contribution in [3.05, 3.63) is 0 Å². The summed E-state index contributed by atoms with van der Waals surface area (Å²) in [6.45, 7) is 0.244. The zero-order valence-electron chi connectivity index (χ0n) is 10.4. The normalized spacial score (nSPS) is 12.1. The first-order valence-corrected chi connectivity index (χ1v) is 8.38. The minimum atomic E-state index is -0.830. The van der Waals surface area contributed by atoms with Crippen molar-refractivity contribution in [3.63, 3.8) is 0 Å². The van der Waals surface area contributed by atoms with Crippen molar-refractivity contribution in [3.8, 4) is 0 Å². The fourth-order valence-electron chi connectivity index (χ4n) is 1.28. The van der Waals surface area contributed by atoms with Crippen LogP contribution >= 0.6 is 23.5 Å². The summed E-state index contributed by atoms with van der Waals surface area (Å²) >= 11 is 3.33. The fourth-order valence-corrected chi connectivity index (χ4v) is 2.23. The summed E-state index contributed by atoms with van der Waals surface area (Å²) in [5.74, 6) is 0.423. The predicted octanol–water partition coefficient (Wildman–Crippen LogP) is 1.70. The Bertz CT molecular complexity index is 237. The topological polar surface area (TPSA) is 66.4 Å². The van der Waals surface area contributed by atoms with E-state index in [-0.39, 0.29) is 12.5 Å². The molecular formula is C11H21NO3S2. The van der Waals surface area contributed by atoms with Crippen molar-refractivity contribution < 1.29 is 14.7 Å². The highest BCUT2D eigenvalue weighted by Crippen LogP contribution is 2.07. The average molecular weight is 279 g/mol. The van der Waals surface area contributed by atoms with Crippen molar-refractivity contribution in [1.29, 1.82) is 0 Å². The van der Waals surface area contributed by atoms with E-state index >= 15 is 0 Å². The zero-order chi connectivity index (χ0) is 13.1. The quantitative estimate of drug-likeness (QED) is 0.596. The van der Waals surface area contributed by atoms with Gasteiger partial charge in [0.25, 0.3) is 0 Å². The van der Waals surface area contributed by atoms with Crippen LogP contribution in [0, 0.1) is 5.92 Å². The van der Waals surface area contributed by atoms with Crippen LogP contribution < -0.4 is 5.32 Å². The van der Waals surface area contributed by atoms with E-state index < -0.39 is 11.9 Å². The molecule has 0 aliphatic heterocycles. The number of amides is 1. The molecule has 0 fully saturated rings. The van der Waals surface area contributed by atoms with Gasteiger partial charge < -0.3 is 10.4 Å². The van der Waals surface area contributed by atoms with E-state index in [0.29, 0.717) is 12.8 Å². The molecule has 0 bridgehead atoms. The lowest BCUT2D eigenvalue weighted by Gasteiger charge is -2.12. The molecule has 1 unspecified atom stereocenters. The fraction of sp³-hybridized carbons (Fsp3) is 0.818. The minimum Gasteiger partial charge on any atom is -0.481 e. The summed E-state index contributed by atoms with van der Waals surface area (Å²) in [4.78, 5) is 22.3. The van der Waals surface area contributed by atoms with E-state index in [0.717, 1.165) is 17.9 Å². The monoisotopic (exact) mass is 279 g/mol. The molecule has 0 saturated heterocycles. The standard InChI is InChI=1S/C11H21NO3S2/c1-16-6-3-4-10(13)12-8-9(11(14)15)5-7-17-2/h9H,3-8H2,1-2H3,(H,12,13)(H,14,15). The Morgan fingerprint density at radius 1 is 1.24 bits per heavy atom. The molecule has 2 N–H and O–H groups in total. The Balaban J connectivity index is 3.79. The number of hydrogen-bond acceptors (Lipinski definition) is 4. The Kier molecular flexibility index (Phi) is 10.5. The van der Waals surface area contributed by atoms with E-state index in [9.17, 15) is 9.59 Å². The molecule has 17 heavy (non-hydrogen) atoms. The van der Waals surface area contributed by atoms with Crippen LogP contribution in [0.1, 0.15) is 19.3 Å². The molecular weight excluding hydrogens is 258 g/mol. The lowest BCUT2D eigenvalue weighted by molar-refractivity contribution is -0.141. The molecule has 0 aromatic carbocycles. The molecule has 0 heterocycles. The second kappa shape index (κ2) is 10.8. The van der Waals surface area contributed by atoms with Crippen molar-refractivity contribution in [2.75, 3.05) is 30.6 Å². The first-order chi connectivity index (χ1) is 8.11. The molecule has 0 rings (SSSR count). The third-order valence-electron chi connectivity index (χ3n) is 2.32. The van der Waals surface area contributed by atoms with Gasteiger partial charge in [0.2, 0.25) is 5.91 Å². The molecule has 0 spiro atoms. The lowest BCUT2D eigenvalue weighted by atomic mass is 10.1. The smallest absolute Gasteiger partial charge is 0.308 e. The molecule has 6 heteroatoms.